The second kappa shape index (κ2) is 5.01. The third-order valence-electron chi connectivity index (χ3n) is 3.59. The molecule has 2 heterocycles. The zero-order chi connectivity index (χ0) is 12.3. The van der Waals surface area contributed by atoms with Crippen LogP contribution in [-0.2, 0) is 9.59 Å². The lowest BCUT2D eigenvalue weighted by atomic mass is 9.87. The Labute approximate surface area is 101 Å². The van der Waals surface area contributed by atoms with Crippen molar-refractivity contribution < 1.29 is 9.59 Å². The normalized spacial score (nSPS) is 28.5. The van der Waals surface area contributed by atoms with E-state index in [0.29, 0.717) is 12.0 Å². The second-order valence-electron chi connectivity index (χ2n) is 5.12. The van der Waals surface area contributed by atoms with Gasteiger partial charge in [0.15, 0.2) is 0 Å². The average molecular weight is 240 g/mol. The fraction of sp³-hybridized carbons (Fsp3) is 0.818. The van der Waals surface area contributed by atoms with Crippen molar-refractivity contribution in [2.24, 2.45) is 5.41 Å². The first-order valence-electron chi connectivity index (χ1n) is 6.08. The van der Waals surface area contributed by atoms with Crippen molar-refractivity contribution in [3.05, 3.63) is 0 Å². The highest BCUT2D eigenvalue weighted by Crippen LogP contribution is 2.35. The Morgan fingerprint density at radius 3 is 2.82 bits per heavy atom. The number of hydrogen-bond donors (Lipinski definition) is 3. The quantitative estimate of drug-likeness (QED) is 0.532. The molecule has 2 saturated heterocycles. The predicted molar refractivity (Wildman–Crippen MR) is 62.9 cm³/mol. The fourth-order valence-electron chi connectivity index (χ4n) is 2.71. The van der Waals surface area contributed by atoms with Crippen LogP contribution in [0.25, 0.3) is 0 Å². The van der Waals surface area contributed by atoms with Gasteiger partial charge in [-0.1, -0.05) is 0 Å². The van der Waals surface area contributed by atoms with Crippen LogP contribution in [0.2, 0.25) is 0 Å². The Kier molecular flexibility index (Phi) is 3.63. The predicted octanol–water partition coefficient (Wildman–Crippen LogP) is -1.16. The van der Waals surface area contributed by atoms with Crippen LogP contribution in [0, 0.1) is 5.41 Å². The van der Waals surface area contributed by atoms with Crippen molar-refractivity contribution in [1.29, 1.82) is 0 Å². The maximum absolute atomic E-state index is 11.5. The minimum absolute atomic E-state index is 0.150. The van der Waals surface area contributed by atoms with Crippen molar-refractivity contribution in [3.8, 4) is 0 Å². The molecule has 2 aliphatic heterocycles. The van der Waals surface area contributed by atoms with Crippen molar-refractivity contribution in [1.82, 2.24) is 21.1 Å². The SMILES string of the molecule is CC(=O)NNC(=O)CN1CCC2(CCNC2)C1. The Balaban J connectivity index is 1.73. The Morgan fingerprint density at radius 2 is 2.18 bits per heavy atom. The molecule has 0 aliphatic carbocycles. The summed E-state index contributed by atoms with van der Waals surface area (Å²) in [5, 5.41) is 3.38. The molecular formula is C11H20N4O2. The van der Waals surface area contributed by atoms with Gasteiger partial charge in [0.05, 0.1) is 6.54 Å². The van der Waals surface area contributed by atoms with Gasteiger partial charge in [-0.3, -0.25) is 25.3 Å². The largest absolute Gasteiger partial charge is 0.316 e. The summed E-state index contributed by atoms with van der Waals surface area (Å²) < 4.78 is 0. The molecule has 96 valence electrons. The minimum Gasteiger partial charge on any atom is -0.316 e. The van der Waals surface area contributed by atoms with Crippen LogP contribution in [0.1, 0.15) is 19.8 Å². The molecule has 0 saturated carbocycles. The summed E-state index contributed by atoms with van der Waals surface area (Å²) in [7, 11) is 0. The third-order valence-corrected chi connectivity index (χ3v) is 3.59. The van der Waals surface area contributed by atoms with Crippen LogP contribution in [0.15, 0.2) is 0 Å². The van der Waals surface area contributed by atoms with Crippen LogP contribution >= 0.6 is 0 Å². The van der Waals surface area contributed by atoms with Gasteiger partial charge in [0.25, 0.3) is 5.91 Å². The van der Waals surface area contributed by atoms with E-state index in [4.69, 9.17) is 0 Å². The summed E-state index contributed by atoms with van der Waals surface area (Å²) in [4.78, 5) is 24.3. The number of nitrogens with zero attached hydrogens (tertiary/aromatic N) is 1. The van der Waals surface area contributed by atoms with E-state index in [1.54, 1.807) is 0 Å². The van der Waals surface area contributed by atoms with Gasteiger partial charge in [-0.25, -0.2) is 0 Å². The topological polar surface area (TPSA) is 73.5 Å². The number of hydrogen-bond acceptors (Lipinski definition) is 4. The van der Waals surface area contributed by atoms with Crippen LogP contribution in [0.4, 0.5) is 0 Å². The Hall–Kier alpha value is -1.14. The van der Waals surface area contributed by atoms with E-state index < -0.39 is 0 Å². The van der Waals surface area contributed by atoms with Crippen LogP contribution in [0.3, 0.4) is 0 Å². The van der Waals surface area contributed by atoms with Crippen molar-refractivity contribution in [2.75, 3.05) is 32.7 Å². The second-order valence-corrected chi connectivity index (χ2v) is 5.12. The van der Waals surface area contributed by atoms with E-state index in [1.165, 1.54) is 13.3 Å². The lowest BCUT2D eigenvalue weighted by Gasteiger charge is -2.22. The molecule has 1 unspecified atom stereocenters. The fourth-order valence-corrected chi connectivity index (χ4v) is 2.71. The minimum atomic E-state index is -0.253. The lowest BCUT2D eigenvalue weighted by molar-refractivity contribution is -0.128. The number of hydrazine groups is 1. The molecule has 0 aromatic rings. The zero-order valence-electron chi connectivity index (χ0n) is 10.2. The van der Waals surface area contributed by atoms with Gasteiger partial charge in [-0.2, -0.15) is 0 Å². The number of rotatable bonds is 2. The number of carbonyl (C=O) groups excluding carboxylic acids is 2. The first kappa shape index (κ1) is 12.3. The Morgan fingerprint density at radius 1 is 1.35 bits per heavy atom. The summed E-state index contributed by atoms with van der Waals surface area (Å²) >= 11 is 0. The smallest absolute Gasteiger partial charge is 0.252 e. The van der Waals surface area contributed by atoms with E-state index in [9.17, 15) is 9.59 Å². The first-order chi connectivity index (χ1) is 8.10. The van der Waals surface area contributed by atoms with Gasteiger partial charge in [0.2, 0.25) is 5.91 Å². The number of carbonyl (C=O) groups is 2. The van der Waals surface area contributed by atoms with Crippen molar-refractivity contribution >= 4 is 11.8 Å². The average Bonchev–Trinajstić information content (AvgIpc) is 2.87. The van der Waals surface area contributed by atoms with Crippen molar-refractivity contribution in [3.63, 3.8) is 0 Å². The third kappa shape index (κ3) is 3.17. The molecule has 2 amide bonds. The molecule has 0 aromatic heterocycles. The molecule has 6 heteroatoms. The maximum Gasteiger partial charge on any atom is 0.252 e. The molecule has 0 aromatic carbocycles. The summed E-state index contributed by atoms with van der Waals surface area (Å²) in [6, 6.07) is 0. The van der Waals surface area contributed by atoms with E-state index in [1.807, 2.05) is 0 Å². The van der Waals surface area contributed by atoms with Gasteiger partial charge >= 0.3 is 0 Å². The van der Waals surface area contributed by atoms with Crippen LogP contribution in [0.5, 0.6) is 0 Å². The summed E-state index contributed by atoms with van der Waals surface area (Å²) in [6.07, 6.45) is 2.37. The van der Waals surface area contributed by atoms with Gasteiger partial charge in [0, 0.05) is 20.0 Å². The molecule has 2 fully saturated rings. The zero-order valence-corrected chi connectivity index (χ0v) is 10.2. The van der Waals surface area contributed by atoms with E-state index in [0.717, 1.165) is 32.6 Å². The first-order valence-corrected chi connectivity index (χ1v) is 6.08. The van der Waals surface area contributed by atoms with Gasteiger partial charge in [0.1, 0.15) is 0 Å². The highest BCUT2D eigenvalue weighted by molar-refractivity contribution is 5.81. The summed E-state index contributed by atoms with van der Waals surface area (Å²) in [6.45, 7) is 5.84. The lowest BCUT2D eigenvalue weighted by Crippen LogP contribution is -2.45. The molecule has 0 radical (unpaired) electrons. The number of likely N-dealkylation sites (tertiary alicyclic amines) is 1. The summed E-state index contributed by atoms with van der Waals surface area (Å²) in [5.41, 5.74) is 5.08. The van der Waals surface area contributed by atoms with E-state index in [2.05, 4.69) is 21.1 Å². The molecule has 3 N–H and O–H groups in total. The molecule has 1 atom stereocenters. The van der Waals surface area contributed by atoms with Gasteiger partial charge < -0.3 is 5.32 Å². The number of nitrogens with one attached hydrogen (secondary N) is 3. The highest BCUT2D eigenvalue weighted by atomic mass is 16.2. The maximum atomic E-state index is 11.5. The van der Waals surface area contributed by atoms with E-state index in [-0.39, 0.29) is 11.8 Å². The molecule has 17 heavy (non-hydrogen) atoms. The van der Waals surface area contributed by atoms with Gasteiger partial charge in [-0.15, -0.1) is 0 Å². The van der Waals surface area contributed by atoms with Crippen LogP contribution in [-0.4, -0.2) is 49.4 Å². The number of amides is 2. The van der Waals surface area contributed by atoms with Crippen molar-refractivity contribution in [2.45, 2.75) is 19.8 Å². The molecule has 2 rings (SSSR count). The molecule has 6 nitrogen and oxygen atoms in total. The summed E-state index contributed by atoms with van der Waals surface area (Å²) in [5.74, 6) is -0.403. The highest BCUT2D eigenvalue weighted by Gasteiger charge is 2.40. The molecular weight excluding hydrogens is 220 g/mol. The Bertz CT molecular complexity index is 313. The monoisotopic (exact) mass is 240 g/mol. The molecule has 1 spiro atoms. The standard InChI is InChI=1S/C11H20N4O2/c1-9(16)13-14-10(17)6-15-5-3-11(8-15)2-4-12-7-11/h12H,2-8H2,1H3,(H,13,16)(H,14,17). The van der Waals surface area contributed by atoms with Crippen LogP contribution < -0.4 is 16.2 Å². The van der Waals surface area contributed by atoms with Gasteiger partial charge in [-0.05, 0) is 31.3 Å². The molecule has 0 bridgehead atoms. The van der Waals surface area contributed by atoms with E-state index >= 15 is 0 Å². The molecule has 2 aliphatic rings.